The highest BCUT2D eigenvalue weighted by molar-refractivity contribution is 6.06. The monoisotopic (exact) mass is 425 g/mol. The molecule has 0 bridgehead atoms. The fraction of sp³-hybridized carbons (Fsp3) is 0.208. The predicted octanol–water partition coefficient (Wildman–Crippen LogP) is 2.79. The molecule has 1 amide bonds. The van der Waals surface area contributed by atoms with Gasteiger partial charge in [-0.15, -0.1) is 0 Å². The van der Waals surface area contributed by atoms with Crippen molar-refractivity contribution in [1.29, 1.82) is 0 Å². The van der Waals surface area contributed by atoms with Gasteiger partial charge in [-0.1, -0.05) is 12.1 Å². The zero-order chi connectivity index (χ0) is 21.5. The lowest BCUT2D eigenvalue weighted by molar-refractivity contribution is 0.0966. The van der Waals surface area contributed by atoms with E-state index in [1.54, 1.807) is 0 Å². The van der Waals surface area contributed by atoms with Crippen molar-refractivity contribution >= 4 is 28.6 Å². The zero-order valence-electron chi connectivity index (χ0n) is 17.5. The van der Waals surface area contributed by atoms with Gasteiger partial charge < -0.3 is 20.9 Å². The Labute approximate surface area is 185 Å². The summed E-state index contributed by atoms with van der Waals surface area (Å²) in [5.41, 5.74) is 6.58. The van der Waals surface area contributed by atoms with E-state index in [9.17, 15) is 4.79 Å². The standard InChI is InChI=1S/C24H23N7O/c32-24-23-19(14-27-24)17(18-15-28-31-10-2-1-3-21(18)31)5-6-20(23)29-22-7-4-16(13-26-22)30-11-8-25-9-12-30/h1-7,10,13,15,25H,8-9,11-12,14H2,(H,26,29)(H,27,32). The molecule has 4 aromatic rings. The van der Waals surface area contributed by atoms with E-state index < -0.39 is 0 Å². The third-order valence-corrected chi connectivity index (χ3v) is 6.18. The largest absolute Gasteiger partial charge is 0.368 e. The summed E-state index contributed by atoms with van der Waals surface area (Å²) in [6.45, 7) is 4.43. The third kappa shape index (κ3) is 3.16. The van der Waals surface area contributed by atoms with Crippen molar-refractivity contribution in [2.24, 2.45) is 0 Å². The molecule has 2 aliphatic heterocycles. The van der Waals surface area contributed by atoms with E-state index in [-0.39, 0.29) is 5.91 Å². The maximum absolute atomic E-state index is 12.7. The highest BCUT2D eigenvalue weighted by Crippen LogP contribution is 2.36. The molecule has 0 aliphatic carbocycles. The van der Waals surface area contributed by atoms with Crippen LogP contribution < -0.4 is 20.9 Å². The van der Waals surface area contributed by atoms with Crippen molar-refractivity contribution in [2.75, 3.05) is 36.4 Å². The van der Waals surface area contributed by atoms with Crippen molar-refractivity contribution in [3.8, 4) is 11.1 Å². The average molecular weight is 425 g/mol. The van der Waals surface area contributed by atoms with Gasteiger partial charge in [0.15, 0.2) is 0 Å². The Kier molecular flexibility index (Phi) is 4.50. The van der Waals surface area contributed by atoms with Gasteiger partial charge in [-0.2, -0.15) is 5.10 Å². The lowest BCUT2D eigenvalue weighted by atomic mass is 9.96. The summed E-state index contributed by atoms with van der Waals surface area (Å²) in [5, 5.41) is 14.1. The van der Waals surface area contributed by atoms with Crippen LogP contribution in [0.5, 0.6) is 0 Å². The summed E-state index contributed by atoms with van der Waals surface area (Å²) >= 11 is 0. The molecule has 2 aliphatic rings. The first-order chi connectivity index (χ1) is 15.8. The van der Waals surface area contributed by atoms with Crippen LogP contribution in [0.15, 0.2) is 61.1 Å². The molecule has 8 nitrogen and oxygen atoms in total. The van der Waals surface area contributed by atoms with E-state index in [0.717, 1.165) is 65.6 Å². The molecule has 6 rings (SSSR count). The molecule has 160 valence electrons. The zero-order valence-corrected chi connectivity index (χ0v) is 17.5. The Bertz CT molecular complexity index is 1310. The number of fused-ring (bicyclic) bond motifs is 2. The lowest BCUT2D eigenvalue weighted by Crippen LogP contribution is -2.43. The second-order valence-corrected chi connectivity index (χ2v) is 8.05. The van der Waals surface area contributed by atoms with Crippen LogP contribution in [0.2, 0.25) is 0 Å². The molecule has 1 saturated heterocycles. The molecule has 0 atom stereocenters. The predicted molar refractivity (Wildman–Crippen MR) is 124 cm³/mol. The van der Waals surface area contributed by atoms with Crippen LogP contribution in [0, 0.1) is 0 Å². The van der Waals surface area contributed by atoms with Crippen molar-refractivity contribution in [1.82, 2.24) is 25.2 Å². The van der Waals surface area contributed by atoms with Crippen molar-refractivity contribution in [2.45, 2.75) is 6.54 Å². The fourth-order valence-electron chi connectivity index (χ4n) is 4.55. The van der Waals surface area contributed by atoms with E-state index in [1.807, 2.05) is 53.4 Å². The van der Waals surface area contributed by atoms with Gasteiger partial charge in [0.25, 0.3) is 5.91 Å². The molecular weight excluding hydrogens is 402 g/mol. The van der Waals surface area contributed by atoms with Gasteiger partial charge in [0, 0.05) is 44.5 Å². The number of hydrogen-bond acceptors (Lipinski definition) is 6. The Morgan fingerprint density at radius 3 is 2.72 bits per heavy atom. The topological polar surface area (TPSA) is 86.6 Å². The minimum atomic E-state index is -0.0711. The van der Waals surface area contributed by atoms with Gasteiger partial charge in [-0.25, -0.2) is 9.50 Å². The minimum Gasteiger partial charge on any atom is -0.368 e. The Morgan fingerprint density at radius 2 is 1.88 bits per heavy atom. The van der Waals surface area contributed by atoms with Crippen LogP contribution in [-0.4, -0.2) is 46.7 Å². The van der Waals surface area contributed by atoms with Crippen molar-refractivity contribution < 1.29 is 4.79 Å². The van der Waals surface area contributed by atoms with Crippen LogP contribution in [-0.2, 0) is 6.54 Å². The summed E-state index contributed by atoms with van der Waals surface area (Å²) in [6.07, 6.45) is 5.67. The number of hydrogen-bond donors (Lipinski definition) is 3. The molecule has 0 saturated carbocycles. The maximum atomic E-state index is 12.7. The summed E-state index contributed by atoms with van der Waals surface area (Å²) in [4.78, 5) is 19.6. The molecule has 5 heterocycles. The van der Waals surface area contributed by atoms with Crippen LogP contribution in [0.3, 0.4) is 0 Å². The average Bonchev–Trinajstić information content (AvgIpc) is 3.45. The van der Waals surface area contributed by atoms with Gasteiger partial charge >= 0.3 is 0 Å². The van der Waals surface area contributed by atoms with Gasteiger partial charge in [-0.3, -0.25) is 4.79 Å². The molecule has 8 heteroatoms. The molecule has 0 radical (unpaired) electrons. The van der Waals surface area contributed by atoms with Gasteiger partial charge in [0.2, 0.25) is 0 Å². The minimum absolute atomic E-state index is 0.0711. The number of benzene rings is 1. The summed E-state index contributed by atoms with van der Waals surface area (Å²) in [5.74, 6) is 0.646. The van der Waals surface area contributed by atoms with Crippen molar-refractivity contribution in [3.05, 3.63) is 72.2 Å². The SMILES string of the molecule is O=C1NCc2c(-c3cnn4ccccc34)ccc(Nc3ccc(N4CCNCC4)cn3)c21. The maximum Gasteiger partial charge on any atom is 0.254 e. The van der Waals surface area contributed by atoms with Gasteiger partial charge in [0.05, 0.1) is 34.8 Å². The summed E-state index contributed by atoms with van der Waals surface area (Å²) in [7, 11) is 0. The molecule has 3 N–H and O–H groups in total. The Hall–Kier alpha value is -3.91. The number of nitrogens with one attached hydrogen (secondary N) is 3. The highest BCUT2D eigenvalue weighted by Gasteiger charge is 2.27. The second-order valence-electron chi connectivity index (χ2n) is 8.05. The summed E-state index contributed by atoms with van der Waals surface area (Å²) < 4.78 is 1.85. The first-order valence-electron chi connectivity index (χ1n) is 10.8. The Balaban J connectivity index is 1.33. The van der Waals surface area contributed by atoms with E-state index in [1.165, 1.54) is 0 Å². The molecule has 3 aromatic heterocycles. The quantitative estimate of drug-likeness (QED) is 0.466. The van der Waals surface area contributed by atoms with E-state index in [0.29, 0.717) is 12.1 Å². The molecule has 0 spiro atoms. The number of amides is 1. The summed E-state index contributed by atoms with van der Waals surface area (Å²) in [6, 6.07) is 14.0. The van der Waals surface area contributed by atoms with E-state index in [4.69, 9.17) is 0 Å². The number of carbonyl (C=O) groups excluding carboxylic acids is 1. The van der Waals surface area contributed by atoms with Crippen LogP contribution >= 0.6 is 0 Å². The smallest absolute Gasteiger partial charge is 0.254 e. The molecule has 1 fully saturated rings. The lowest BCUT2D eigenvalue weighted by Gasteiger charge is -2.29. The highest BCUT2D eigenvalue weighted by atomic mass is 16.1. The van der Waals surface area contributed by atoms with E-state index in [2.05, 4.69) is 43.1 Å². The van der Waals surface area contributed by atoms with Crippen LogP contribution in [0.1, 0.15) is 15.9 Å². The van der Waals surface area contributed by atoms with Crippen LogP contribution in [0.4, 0.5) is 17.2 Å². The second kappa shape index (κ2) is 7.65. The Morgan fingerprint density at radius 1 is 0.969 bits per heavy atom. The third-order valence-electron chi connectivity index (χ3n) is 6.18. The normalized spacial score (nSPS) is 15.6. The number of rotatable bonds is 4. The fourth-order valence-corrected chi connectivity index (χ4v) is 4.55. The number of piperazine rings is 1. The molecule has 32 heavy (non-hydrogen) atoms. The van der Waals surface area contributed by atoms with Gasteiger partial charge in [-0.05, 0) is 41.5 Å². The number of nitrogens with zero attached hydrogens (tertiary/aromatic N) is 4. The first kappa shape index (κ1) is 18.8. The molecule has 1 aromatic carbocycles. The number of carbonyl (C=O) groups is 1. The molecular formula is C24H23N7O. The number of pyridine rings is 2. The van der Waals surface area contributed by atoms with Gasteiger partial charge in [0.1, 0.15) is 5.82 Å². The molecule has 0 unspecified atom stereocenters. The van der Waals surface area contributed by atoms with E-state index >= 15 is 0 Å². The first-order valence-corrected chi connectivity index (χ1v) is 10.8. The van der Waals surface area contributed by atoms with Crippen molar-refractivity contribution in [3.63, 3.8) is 0 Å². The van der Waals surface area contributed by atoms with Crippen LogP contribution in [0.25, 0.3) is 16.6 Å². The number of aromatic nitrogens is 3. The number of anilines is 3.